The van der Waals surface area contributed by atoms with Gasteiger partial charge in [0.25, 0.3) is 0 Å². The van der Waals surface area contributed by atoms with Crippen LogP contribution in [0.3, 0.4) is 0 Å². The van der Waals surface area contributed by atoms with Crippen LogP contribution < -0.4 is 10.6 Å². The minimum absolute atomic E-state index is 0.185. The summed E-state index contributed by atoms with van der Waals surface area (Å²) in [5.41, 5.74) is 0.292. The fraction of sp³-hybridized carbons (Fsp3) is 0.538. The standard InChI is InChI=1S/C13H19ClF2N2/c1-9(2)7-17-3-4-18-8-10-5-13(16)11(14)6-12(10)15/h5-6,9,17-18H,3-4,7-8H2,1-2H3. The van der Waals surface area contributed by atoms with E-state index in [9.17, 15) is 8.78 Å². The molecule has 5 heteroatoms. The largest absolute Gasteiger partial charge is 0.315 e. The van der Waals surface area contributed by atoms with Crippen molar-refractivity contribution in [2.24, 2.45) is 5.92 Å². The van der Waals surface area contributed by atoms with Crippen LogP contribution in [0.2, 0.25) is 5.02 Å². The summed E-state index contributed by atoms with van der Waals surface area (Å²) in [5, 5.41) is 6.12. The fourth-order valence-corrected chi connectivity index (χ4v) is 1.64. The van der Waals surface area contributed by atoms with E-state index in [1.165, 1.54) is 0 Å². The highest BCUT2D eigenvalue weighted by Crippen LogP contribution is 2.18. The van der Waals surface area contributed by atoms with E-state index in [-0.39, 0.29) is 5.02 Å². The van der Waals surface area contributed by atoms with Crippen molar-refractivity contribution < 1.29 is 8.78 Å². The minimum Gasteiger partial charge on any atom is -0.315 e. The molecule has 18 heavy (non-hydrogen) atoms. The molecule has 2 N–H and O–H groups in total. The molecule has 0 unspecified atom stereocenters. The second-order valence-corrected chi connectivity index (χ2v) is 5.04. The van der Waals surface area contributed by atoms with Gasteiger partial charge in [0.05, 0.1) is 5.02 Å². The first kappa shape index (κ1) is 15.3. The van der Waals surface area contributed by atoms with Gasteiger partial charge in [-0.3, -0.25) is 0 Å². The van der Waals surface area contributed by atoms with E-state index in [0.717, 1.165) is 25.2 Å². The molecule has 1 rings (SSSR count). The average Bonchev–Trinajstić information content (AvgIpc) is 2.29. The van der Waals surface area contributed by atoms with E-state index in [1.54, 1.807) is 0 Å². The Morgan fingerprint density at radius 2 is 1.78 bits per heavy atom. The normalized spacial score (nSPS) is 11.2. The quantitative estimate of drug-likeness (QED) is 0.591. The van der Waals surface area contributed by atoms with Gasteiger partial charge in [0, 0.05) is 25.2 Å². The first-order chi connectivity index (χ1) is 8.50. The number of rotatable bonds is 7. The molecule has 102 valence electrons. The van der Waals surface area contributed by atoms with Crippen LogP contribution in [0.1, 0.15) is 19.4 Å². The van der Waals surface area contributed by atoms with E-state index < -0.39 is 11.6 Å². The van der Waals surface area contributed by atoms with E-state index >= 15 is 0 Å². The third-order valence-electron chi connectivity index (χ3n) is 2.44. The Morgan fingerprint density at radius 3 is 2.44 bits per heavy atom. The molecule has 0 saturated heterocycles. The molecular formula is C13H19ClF2N2. The van der Waals surface area contributed by atoms with Crippen molar-refractivity contribution in [3.8, 4) is 0 Å². The van der Waals surface area contributed by atoms with Crippen LogP contribution >= 0.6 is 11.6 Å². The second kappa shape index (κ2) is 7.67. The van der Waals surface area contributed by atoms with Gasteiger partial charge < -0.3 is 10.6 Å². The lowest BCUT2D eigenvalue weighted by molar-refractivity contribution is 0.527. The van der Waals surface area contributed by atoms with Gasteiger partial charge in [-0.2, -0.15) is 0 Å². The molecule has 0 aromatic heterocycles. The van der Waals surface area contributed by atoms with E-state index in [0.29, 0.717) is 24.6 Å². The van der Waals surface area contributed by atoms with Crippen molar-refractivity contribution in [3.05, 3.63) is 34.4 Å². The van der Waals surface area contributed by atoms with Crippen LogP contribution in [0.5, 0.6) is 0 Å². The predicted molar refractivity (Wildman–Crippen MR) is 70.8 cm³/mol. The van der Waals surface area contributed by atoms with Crippen LogP contribution in [-0.4, -0.2) is 19.6 Å². The lowest BCUT2D eigenvalue weighted by Gasteiger charge is -2.09. The summed E-state index contributed by atoms with van der Waals surface area (Å²) in [4.78, 5) is 0. The van der Waals surface area contributed by atoms with Crippen molar-refractivity contribution in [1.82, 2.24) is 10.6 Å². The van der Waals surface area contributed by atoms with E-state index in [1.807, 2.05) is 0 Å². The Balaban J connectivity index is 2.29. The summed E-state index contributed by atoms with van der Waals surface area (Å²) in [6.07, 6.45) is 0. The Morgan fingerprint density at radius 1 is 1.11 bits per heavy atom. The first-order valence-electron chi connectivity index (χ1n) is 6.05. The molecule has 1 aromatic rings. The summed E-state index contributed by atoms with van der Waals surface area (Å²) >= 11 is 5.47. The molecule has 0 aliphatic heterocycles. The topological polar surface area (TPSA) is 24.1 Å². The molecule has 0 bridgehead atoms. The fourth-order valence-electron chi connectivity index (χ4n) is 1.49. The van der Waals surface area contributed by atoms with E-state index in [4.69, 9.17) is 11.6 Å². The first-order valence-corrected chi connectivity index (χ1v) is 6.43. The van der Waals surface area contributed by atoms with Crippen molar-refractivity contribution in [2.75, 3.05) is 19.6 Å². The maximum Gasteiger partial charge on any atom is 0.142 e. The van der Waals surface area contributed by atoms with Crippen LogP contribution in [-0.2, 0) is 6.54 Å². The Kier molecular flexibility index (Phi) is 6.54. The summed E-state index contributed by atoms with van der Waals surface area (Å²) in [6, 6.07) is 2.14. The van der Waals surface area contributed by atoms with Crippen LogP contribution in [0.4, 0.5) is 8.78 Å². The SMILES string of the molecule is CC(C)CNCCNCc1cc(F)c(Cl)cc1F. The highest BCUT2D eigenvalue weighted by molar-refractivity contribution is 6.30. The summed E-state index contributed by atoms with van der Waals surface area (Å²) in [6.45, 7) is 7.01. The molecule has 0 atom stereocenters. The third kappa shape index (κ3) is 5.29. The van der Waals surface area contributed by atoms with Gasteiger partial charge in [-0.15, -0.1) is 0 Å². The average molecular weight is 277 g/mol. The Labute approximate surface area is 112 Å². The number of nitrogens with one attached hydrogen (secondary N) is 2. The van der Waals surface area contributed by atoms with Crippen molar-refractivity contribution in [1.29, 1.82) is 0 Å². The zero-order valence-corrected chi connectivity index (χ0v) is 11.5. The molecule has 0 spiro atoms. The molecule has 0 radical (unpaired) electrons. The predicted octanol–water partition coefficient (Wildman–Crippen LogP) is 2.95. The molecule has 1 aromatic carbocycles. The lowest BCUT2D eigenvalue weighted by atomic mass is 10.2. The zero-order valence-electron chi connectivity index (χ0n) is 10.7. The Hall–Kier alpha value is -0.710. The zero-order chi connectivity index (χ0) is 13.5. The number of hydrogen-bond donors (Lipinski definition) is 2. The van der Waals surface area contributed by atoms with Crippen molar-refractivity contribution in [3.63, 3.8) is 0 Å². The maximum atomic E-state index is 13.4. The minimum atomic E-state index is -0.590. The highest BCUT2D eigenvalue weighted by Gasteiger charge is 2.07. The van der Waals surface area contributed by atoms with E-state index in [2.05, 4.69) is 24.5 Å². The molecular weight excluding hydrogens is 258 g/mol. The van der Waals surface area contributed by atoms with Gasteiger partial charge in [0.2, 0.25) is 0 Å². The number of benzene rings is 1. The van der Waals surface area contributed by atoms with Gasteiger partial charge in [-0.05, 0) is 24.6 Å². The lowest BCUT2D eigenvalue weighted by Crippen LogP contribution is -2.29. The monoisotopic (exact) mass is 276 g/mol. The molecule has 2 nitrogen and oxygen atoms in total. The molecule has 0 saturated carbocycles. The third-order valence-corrected chi connectivity index (χ3v) is 2.73. The molecule has 0 heterocycles. The van der Waals surface area contributed by atoms with Crippen LogP contribution in [0.25, 0.3) is 0 Å². The van der Waals surface area contributed by atoms with Gasteiger partial charge in [-0.25, -0.2) is 8.78 Å². The summed E-state index contributed by atoms with van der Waals surface area (Å²) in [7, 11) is 0. The molecule has 0 aliphatic rings. The number of hydrogen-bond acceptors (Lipinski definition) is 2. The van der Waals surface area contributed by atoms with Crippen molar-refractivity contribution >= 4 is 11.6 Å². The molecule has 0 amide bonds. The summed E-state index contributed by atoms with van der Waals surface area (Å²) < 4.78 is 26.5. The van der Waals surface area contributed by atoms with Gasteiger partial charge >= 0.3 is 0 Å². The highest BCUT2D eigenvalue weighted by atomic mass is 35.5. The van der Waals surface area contributed by atoms with Gasteiger partial charge in [-0.1, -0.05) is 25.4 Å². The Bertz CT molecular complexity index is 383. The molecule has 0 aliphatic carbocycles. The van der Waals surface area contributed by atoms with Gasteiger partial charge in [0.1, 0.15) is 11.6 Å². The van der Waals surface area contributed by atoms with Crippen LogP contribution in [0.15, 0.2) is 12.1 Å². The maximum absolute atomic E-state index is 13.4. The number of halogens is 3. The van der Waals surface area contributed by atoms with Gasteiger partial charge in [0.15, 0.2) is 0 Å². The van der Waals surface area contributed by atoms with Crippen molar-refractivity contribution in [2.45, 2.75) is 20.4 Å². The summed E-state index contributed by atoms with van der Waals surface area (Å²) in [5.74, 6) is -0.468. The van der Waals surface area contributed by atoms with Crippen LogP contribution in [0, 0.1) is 17.6 Å². The smallest absolute Gasteiger partial charge is 0.142 e. The second-order valence-electron chi connectivity index (χ2n) is 4.63. The molecule has 0 fully saturated rings.